The van der Waals surface area contributed by atoms with Gasteiger partial charge in [-0.1, -0.05) is 12.1 Å². The van der Waals surface area contributed by atoms with E-state index in [1.54, 1.807) is 24.3 Å². The second-order valence-electron chi connectivity index (χ2n) is 7.89. The second-order valence-corrected chi connectivity index (χ2v) is 7.89. The number of hydrogen-bond donors (Lipinski definition) is 2. The lowest BCUT2D eigenvalue weighted by Gasteiger charge is -2.29. The predicted molar refractivity (Wildman–Crippen MR) is 115 cm³/mol. The molecular formula is C23H25FN2O6. The Morgan fingerprint density at radius 1 is 1.16 bits per heavy atom. The van der Waals surface area contributed by atoms with Crippen LogP contribution in [-0.4, -0.2) is 61.0 Å². The summed E-state index contributed by atoms with van der Waals surface area (Å²) in [5.41, 5.74) is 1.22. The number of phenolic OH excluding ortho intramolecular Hbond substituents is 2. The number of aromatic hydroxyl groups is 2. The number of hydrogen-bond acceptors (Lipinski definition) is 7. The standard InChI is InChI=1S/C23H25FN2O6/c24-19-13-16(4-7-20(19)25-8-10-31-11-9-25)26-14-18(32-23(26)30)6-5-17(27)12-15-2-1-3-21(28)22(15)29/h1-4,7,13,18,28-29H,5-6,8-12,14H2/t18-/m0/s1. The first-order chi connectivity index (χ1) is 15.4. The number of ketones is 1. The van der Waals surface area contributed by atoms with Gasteiger partial charge in [0.15, 0.2) is 11.5 Å². The van der Waals surface area contributed by atoms with Crippen LogP contribution in [0.3, 0.4) is 0 Å². The van der Waals surface area contributed by atoms with E-state index in [2.05, 4.69) is 0 Å². The summed E-state index contributed by atoms with van der Waals surface area (Å²) in [6, 6.07) is 9.13. The highest BCUT2D eigenvalue weighted by Gasteiger charge is 2.33. The molecule has 4 rings (SSSR count). The molecule has 2 aliphatic heterocycles. The minimum atomic E-state index is -0.577. The molecule has 0 aromatic heterocycles. The average Bonchev–Trinajstić information content (AvgIpc) is 3.16. The van der Waals surface area contributed by atoms with Crippen LogP contribution in [0.15, 0.2) is 36.4 Å². The monoisotopic (exact) mass is 444 g/mol. The largest absolute Gasteiger partial charge is 0.504 e. The van der Waals surface area contributed by atoms with Gasteiger partial charge in [-0.15, -0.1) is 0 Å². The Hall–Kier alpha value is -3.33. The fourth-order valence-electron chi connectivity index (χ4n) is 3.95. The van der Waals surface area contributed by atoms with E-state index in [0.717, 1.165) is 0 Å². The molecular weight excluding hydrogens is 419 g/mol. The molecule has 0 saturated carbocycles. The van der Waals surface area contributed by atoms with Crippen molar-refractivity contribution in [2.45, 2.75) is 25.4 Å². The number of Topliss-reactive ketones (excluding diaryl/α,β-unsaturated/α-hetero) is 1. The van der Waals surface area contributed by atoms with Gasteiger partial charge in [-0.25, -0.2) is 9.18 Å². The third kappa shape index (κ3) is 4.77. The Morgan fingerprint density at radius 2 is 1.94 bits per heavy atom. The van der Waals surface area contributed by atoms with Crippen molar-refractivity contribution >= 4 is 23.3 Å². The molecule has 2 aromatic rings. The fourth-order valence-corrected chi connectivity index (χ4v) is 3.95. The molecule has 0 aliphatic carbocycles. The van der Waals surface area contributed by atoms with Gasteiger partial charge in [-0.3, -0.25) is 9.69 Å². The molecule has 2 heterocycles. The number of anilines is 2. The van der Waals surface area contributed by atoms with Crippen molar-refractivity contribution in [2.24, 2.45) is 0 Å². The summed E-state index contributed by atoms with van der Waals surface area (Å²) in [7, 11) is 0. The molecule has 2 aliphatic rings. The molecule has 32 heavy (non-hydrogen) atoms. The number of morpholine rings is 1. The van der Waals surface area contributed by atoms with Gasteiger partial charge in [0.2, 0.25) is 0 Å². The molecule has 170 valence electrons. The van der Waals surface area contributed by atoms with E-state index in [4.69, 9.17) is 9.47 Å². The zero-order valence-corrected chi connectivity index (χ0v) is 17.5. The highest BCUT2D eigenvalue weighted by molar-refractivity contribution is 5.90. The first kappa shape index (κ1) is 21.9. The Balaban J connectivity index is 1.33. The van der Waals surface area contributed by atoms with Gasteiger partial charge in [0.25, 0.3) is 0 Å². The van der Waals surface area contributed by atoms with Crippen LogP contribution in [0, 0.1) is 5.82 Å². The lowest BCUT2D eigenvalue weighted by Crippen LogP contribution is -2.36. The van der Waals surface area contributed by atoms with E-state index in [1.165, 1.54) is 17.0 Å². The van der Waals surface area contributed by atoms with Gasteiger partial charge in [0.05, 0.1) is 31.1 Å². The smallest absolute Gasteiger partial charge is 0.414 e. The highest BCUT2D eigenvalue weighted by Crippen LogP contribution is 2.30. The van der Waals surface area contributed by atoms with Gasteiger partial charge >= 0.3 is 6.09 Å². The number of rotatable bonds is 7. The summed E-state index contributed by atoms with van der Waals surface area (Å²) in [6.45, 7) is 2.53. The molecule has 0 unspecified atom stereocenters. The van der Waals surface area contributed by atoms with Gasteiger partial charge in [-0.05, 0) is 30.7 Å². The van der Waals surface area contributed by atoms with Crippen molar-refractivity contribution < 1.29 is 33.7 Å². The van der Waals surface area contributed by atoms with Crippen molar-refractivity contribution in [1.82, 2.24) is 0 Å². The van der Waals surface area contributed by atoms with Crippen LogP contribution in [0.1, 0.15) is 18.4 Å². The van der Waals surface area contributed by atoms with Crippen molar-refractivity contribution in [3.63, 3.8) is 0 Å². The number of nitrogens with zero attached hydrogens (tertiary/aromatic N) is 2. The molecule has 2 saturated heterocycles. The zero-order valence-electron chi connectivity index (χ0n) is 17.5. The topological polar surface area (TPSA) is 99.5 Å². The quantitative estimate of drug-likeness (QED) is 0.634. The van der Waals surface area contributed by atoms with E-state index < -0.39 is 18.0 Å². The minimum absolute atomic E-state index is 0.0289. The Labute approximate surface area is 184 Å². The summed E-state index contributed by atoms with van der Waals surface area (Å²) in [5.74, 6) is -1.15. The van der Waals surface area contributed by atoms with Gasteiger partial charge in [0.1, 0.15) is 17.7 Å². The molecule has 0 spiro atoms. The fraction of sp³-hybridized carbons (Fsp3) is 0.391. The molecule has 1 atom stereocenters. The maximum Gasteiger partial charge on any atom is 0.414 e. The summed E-state index contributed by atoms with van der Waals surface area (Å²) in [5, 5.41) is 19.4. The Kier molecular flexibility index (Phi) is 6.45. The maximum absolute atomic E-state index is 14.7. The molecule has 0 radical (unpaired) electrons. The van der Waals surface area contributed by atoms with Gasteiger partial charge < -0.3 is 24.6 Å². The molecule has 2 fully saturated rings. The van der Waals surface area contributed by atoms with E-state index >= 15 is 0 Å². The average molecular weight is 444 g/mol. The van der Waals surface area contributed by atoms with Crippen molar-refractivity contribution in [3.05, 3.63) is 47.8 Å². The molecule has 8 nitrogen and oxygen atoms in total. The molecule has 2 aromatic carbocycles. The van der Waals surface area contributed by atoms with Gasteiger partial charge in [-0.2, -0.15) is 0 Å². The number of amides is 1. The van der Waals surface area contributed by atoms with E-state index in [1.807, 2.05) is 4.90 Å². The summed E-state index contributed by atoms with van der Waals surface area (Å²) in [4.78, 5) is 27.9. The lowest BCUT2D eigenvalue weighted by atomic mass is 10.0. The molecule has 9 heteroatoms. The third-order valence-electron chi connectivity index (χ3n) is 5.70. The third-order valence-corrected chi connectivity index (χ3v) is 5.70. The van der Waals surface area contributed by atoms with Crippen molar-refractivity contribution in [3.8, 4) is 11.5 Å². The van der Waals surface area contributed by atoms with E-state index in [0.29, 0.717) is 49.7 Å². The van der Waals surface area contributed by atoms with Crippen molar-refractivity contribution in [2.75, 3.05) is 42.6 Å². The Bertz CT molecular complexity index is 1010. The van der Waals surface area contributed by atoms with Crippen LogP contribution in [0.2, 0.25) is 0 Å². The zero-order chi connectivity index (χ0) is 22.7. The minimum Gasteiger partial charge on any atom is -0.504 e. The number of para-hydroxylation sites is 1. The summed E-state index contributed by atoms with van der Waals surface area (Å²) >= 11 is 0. The number of halogens is 1. The van der Waals surface area contributed by atoms with Gasteiger partial charge in [0, 0.05) is 31.5 Å². The normalized spacial score (nSPS) is 18.7. The first-order valence-electron chi connectivity index (χ1n) is 10.5. The van der Waals surface area contributed by atoms with E-state index in [-0.39, 0.29) is 36.7 Å². The van der Waals surface area contributed by atoms with Crippen molar-refractivity contribution in [1.29, 1.82) is 0 Å². The van der Waals surface area contributed by atoms with Crippen LogP contribution in [0.5, 0.6) is 11.5 Å². The van der Waals surface area contributed by atoms with Crippen LogP contribution in [0.4, 0.5) is 20.6 Å². The number of ether oxygens (including phenoxy) is 2. The molecule has 1 amide bonds. The molecule has 0 bridgehead atoms. The van der Waals surface area contributed by atoms with Crippen LogP contribution < -0.4 is 9.80 Å². The molecule has 2 N–H and O–H groups in total. The highest BCUT2D eigenvalue weighted by atomic mass is 19.1. The first-order valence-corrected chi connectivity index (χ1v) is 10.5. The number of phenols is 2. The summed E-state index contributed by atoms with van der Waals surface area (Å²) < 4.78 is 25.3. The number of carbonyl (C=O) groups excluding carboxylic acids is 2. The maximum atomic E-state index is 14.7. The number of carbonyl (C=O) groups is 2. The summed E-state index contributed by atoms with van der Waals surface area (Å²) in [6.07, 6.45) is -0.642. The number of benzene rings is 2. The number of cyclic esters (lactones) is 1. The predicted octanol–water partition coefficient (Wildman–Crippen LogP) is 2.99. The van der Waals surface area contributed by atoms with Crippen LogP contribution >= 0.6 is 0 Å². The van der Waals surface area contributed by atoms with Crippen LogP contribution in [-0.2, 0) is 20.7 Å². The van der Waals surface area contributed by atoms with E-state index in [9.17, 15) is 24.2 Å². The van der Waals surface area contributed by atoms with Crippen LogP contribution in [0.25, 0.3) is 0 Å². The SMILES string of the molecule is O=C(CC[C@H]1CN(c2ccc(N3CCOCC3)c(F)c2)C(=O)O1)Cc1cccc(O)c1O. The Morgan fingerprint density at radius 3 is 2.69 bits per heavy atom. The lowest BCUT2D eigenvalue weighted by molar-refractivity contribution is -0.118. The second kappa shape index (κ2) is 9.44.